The number of anilines is 3. The average molecular weight is 2220 g/mol. The molecule has 0 spiro atoms. The molecular weight excluding hydrogens is 2060 g/mol. The number of nitro groups is 1. The number of hydrogen-bond donors (Lipinski definition) is 10. The van der Waals surface area contributed by atoms with Crippen molar-refractivity contribution in [3.05, 3.63) is 210 Å². The van der Waals surface area contributed by atoms with Gasteiger partial charge in [-0.25, -0.2) is 19.7 Å². The Bertz CT molecular complexity index is 5090. The number of nitrogens with zero attached hydrogens (tertiary/aromatic N) is 10. The number of aromatic nitrogens is 6. The minimum Gasteiger partial charge on any atom is -1.00 e. The summed E-state index contributed by atoms with van der Waals surface area (Å²) in [6.07, 6.45) is 23.3. The third kappa shape index (κ3) is 54.2. The van der Waals surface area contributed by atoms with E-state index in [0.717, 1.165) is 161 Å². The third-order valence-corrected chi connectivity index (χ3v) is 24.6. The largest absolute Gasteiger partial charge is 1.00 e. The number of halogens is 4. The number of imidazole rings is 3. The first kappa shape index (κ1) is 139. The molecule has 0 amide bonds. The van der Waals surface area contributed by atoms with Crippen LogP contribution in [0.3, 0.4) is 0 Å². The van der Waals surface area contributed by atoms with E-state index in [0.29, 0.717) is 64.2 Å². The zero-order valence-corrected chi connectivity index (χ0v) is 92.9. The molecule has 7 aromatic carbocycles. The number of nitriles is 2. The normalized spacial score (nSPS) is 17.0. The SMILES string of the molecule is C.C.C.C.C.C1CCOC1.C=CC(=O)OCC.CCOC(=O)CCN1CCC[C@H]1C.C[C@@H]1CCCN1.C[C@@H]1CCCN1.C[C@@H]1CCCN1CCc1nc2ccc(-c3ccc(C#N)cc3)cc2[nH]1.C[C@@H]1CCCN1CCc1nc2ccc(Br)cc2[nH]1.Cc1ccc2nc(CCN3CCC[C@H]3C)[nH]c2c1.Cl.N#Cc1ccc(B(O)O)cc1.Nc1ccc(Br)cc1N.Nc1ccc(Br)cc1[N+](=O)[O-].O=CO[O-].[H-].[K+].[K+]. The number of ether oxygens (including phenoxy) is 3. The number of carbonyl (C=O) groups is 3. The van der Waals surface area contributed by atoms with E-state index in [9.17, 15) is 19.7 Å². The Kier molecular flexibility index (Phi) is 77.5. The molecule has 770 valence electrons. The predicted octanol–water partition coefficient (Wildman–Crippen LogP) is 13.8. The number of fused-ring (bicyclic) bond motifs is 3. The molecular formula is C104H159BBr3ClK2N18O12. The molecule has 17 rings (SSSR count). The summed E-state index contributed by atoms with van der Waals surface area (Å²) in [6.45, 7) is 36.8. The molecule has 0 unspecified atom stereocenters. The number of carbonyl (C=O) groups excluding carboxylic acids is 3. The zero-order chi connectivity index (χ0) is 97.0. The molecule has 10 aromatic rings. The molecule has 0 saturated carbocycles. The summed E-state index contributed by atoms with van der Waals surface area (Å²) in [5.74, 6) is 2.85. The van der Waals surface area contributed by atoms with Crippen molar-refractivity contribution in [2.45, 2.75) is 251 Å². The van der Waals surface area contributed by atoms with Gasteiger partial charge in [0, 0.05) is 120 Å². The van der Waals surface area contributed by atoms with Crippen molar-refractivity contribution < 1.29 is 158 Å². The van der Waals surface area contributed by atoms with Crippen LogP contribution in [0, 0.1) is 39.7 Å². The molecule has 37 heteroatoms. The van der Waals surface area contributed by atoms with Gasteiger partial charge in [-0.3, -0.25) is 19.7 Å². The van der Waals surface area contributed by atoms with E-state index >= 15 is 0 Å². The van der Waals surface area contributed by atoms with Gasteiger partial charge in [0.1, 0.15) is 23.2 Å². The number of likely N-dealkylation sites (tertiary alicyclic amines) is 4. The van der Waals surface area contributed by atoms with Gasteiger partial charge in [-0.05, 0) is 311 Å². The topological polar surface area (TPSA) is 443 Å². The van der Waals surface area contributed by atoms with E-state index in [2.05, 4.69) is 222 Å². The van der Waals surface area contributed by atoms with Crippen LogP contribution in [0.25, 0.3) is 44.2 Å². The number of nitrogens with one attached hydrogen (secondary N) is 5. The molecule has 7 fully saturated rings. The van der Waals surface area contributed by atoms with Gasteiger partial charge in [0.05, 0.1) is 92.3 Å². The van der Waals surface area contributed by atoms with Gasteiger partial charge in [-0.15, -0.1) is 12.4 Å². The molecule has 10 heterocycles. The van der Waals surface area contributed by atoms with Crippen molar-refractivity contribution in [1.82, 2.24) is 60.1 Å². The van der Waals surface area contributed by atoms with Gasteiger partial charge in [-0.2, -0.15) is 10.5 Å². The molecule has 6 atom stereocenters. The number of aryl methyl sites for hydroxylation is 1. The Labute approximate surface area is 958 Å². The van der Waals surface area contributed by atoms with E-state index in [-0.39, 0.29) is 184 Å². The second-order valence-electron chi connectivity index (χ2n) is 33.4. The standard InChI is InChI=1S/C21H22N4.C15H21N3.C14H18BrN3.C10H19NO2.C7H6BNO2.C6H5BrN2O2.C6H7BrN2.2C5H11N.C5H8O2.C4H8O.CH2O3.5CH4.ClH.2K.H/c1-15-3-2-11-25(15)12-10-21-23-19-9-8-18(13-20(19)24-21)17-6-4-16(14-22)5-7-17;1-11-5-6-13-14(10-11)17-15(16-13)7-9-18-8-3-4-12(18)2;1-10-3-2-7-18(10)8-6-14-16-12-5-4-11(15)9-13(12)17-14;1-3-13-10(12)6-8-11-7-4-5-9(11)2;9-5-6-1-3-7(4-2-6)8(10)11;7-4-1-2-5(8)6(3-4)9(10)11;7-4-1-2-5(8)6(9)3-4;2*1-5-3-2-4-6-5;1-3-5(6)7-4-2;1-2-4-5-3-1;2-1-4-3;;;;;;;;;/h4-9,13,15H,2-3,10-12H2,1H3,(H,23,24);5-6,10,12H,3-4,7-9H2,1-2H3,(H,16,17);4-5,9-10H,2-3,6-8H2,1H3,(H,16,17);9H,3-8H2,1-2H3;1-4,10-11H;1-3H,8H2;1-3H,8-9H2;2*5-6H,2-4H2,1H3;3H,1,4H2,2H3;1-4H2;1,3H;5*1H4;1H;;;/q;;;;;;;;;;;;;;;;;;2*+1;-1/p-1/t15-;12-;10-;9-;;;;2*5-;;;;;;;;;;;;/m1111...11............/s1. The number of H-pyrrole nitrogens is 3. The first-order valence-corrected chi connectivity index (χ1v) is 48.5. The predicted molar refractivity (Wildman–Crippen MR) is 583 cm³/mol. The number of nitro benzene ring substituents is 1. The Balaban J connectivity index is -0.000000752. The molecule has 7 aliphatic heterocycles. The maximum Gasteiger partial charge on any atom is 1.00 e. The van der Waals surface area contributed by atoms with Crippen molar-refractivity contribution in [3.8, 4) is 23.3 Å². The van der Waals surface area contributed by atoms with Crippen LogP contribution in [0.5, 0.6) is 0 Å². The zero-order valence-electron chi connectivity index (χ0n) is 82.0. The fourth-order valence-corrected chi connectivity index (χ4v) is 16.5. The molecule has 7 saturated heterocycles. The Morgan fingerprint density at radius 1 is 0.546 bits per heavy atom. The quantitative estimate of drug-likeness (QED) is 0.00525. The first-order valence-electron chi connectivity index (χ1n) is 46.1. The van der Waals surface area contributed by atoms with Crippen LogP contribution in [-0.4, -0.2) is 218 Å². The molecule has 13 N–H and O–H groups in total. The van der Waals surface area contributed by atoms with E-state index in [1.54, 1.807) is 25.1 Å². The molecule has 30 nitrogen and oxygen atoms in total. The molecule has 0 radical (unpaired) electrons. The summed E-state index contributed by atoms with van der Waals surface area (Å²) in [5, 5.41) is 60.0. The summed E-state index contributed by atoms with van der Waals surface area (Å²) in [4.78, 5) is 76.5. The average Bonchev–Trinajstić information content (AvgIpc) is 1.65. The van der Waals surface area contributed by atoms with Crippen LogP contribution in [0.2, 0.25) is 0 Å². The van der Waals surface area contributed by atoms with E-state index in [1.165, 1.54) is 170 Å². The van der Waals surface area contributed by atoms with Crippen LogP contribution in [0.4, 0.5) is 22.7 Å². The van der Waals surface area contributed by atoms with Crippen molar-refractivity contribution in [2.24, 2.45) is 0 Å². The van der Waals surface area contributed by atoms with Crippen LogP contribution in [0.15, 0.2) is 166 Å². The maximum atomic E-state index is 11.1. The molecule has 0 aliphatic carbocycles. The van der Waals surface area contributed by atoms with Crippen LogP contribution >= 0.6 is 60.2 Å². The molecule has 0 bridgehead atoms. The third-order valence-electron chi connectivity index (χ3n) is 23.1. The smallest absolute Gasteiger partial charge is 1.00 e. The van der Waals surface area contributed by atoms with Crippen LogP contribution in [-0.2, 0) is 52.7 Å². The van der Waals surface area contributed by atoms with E-state index < -0.39 is 12.0 Å². The second-order valence-corrected chi connectivity index (χ2v) is 36.1. The number of nitrogen functional groups attached to an aromatic ring is 3. The van der Waals surface area contributed by atoms with E-state index in [1.807, 2.05) is 49.4 Å². The maximum absolute atomic E-state index is 11.1. The Morgan fingerprint density at radius 2 is 0.929 bits per heavy atom. The Hall–Kier alpha value is -6.45. The number of hydrogen-bond acceptors (Lipinski definition) is 26. The van der Waals surface area contributed by atoms with Crippen molar-refractivity contribution in [1.29, 1.82) is 10.5 Å². The van der Waals surface area contributed by atoms with Crippen molar-refractivity contribution in [2.75, 3.05) is 109 Å². The fourth-order valence-electron chi connectivity index (χ4n) is 15.4. The van der Waals surface area contributed by atoms with Crippen molar-refractivity contribution >= 4 is 147 Å². The number of esters is 2. The molecule has 3 aromatic heterocycles. The first-order chi connectivity index (χ1) is 64.0. The minimum atomic E-state index is -1.46. The summed E-state index contributed by atoms with van der Waals surface area (Å²) >= 11 is 9.85. The van der Waals surface area contributed by atoms with Gasteiger partial charge < -0.3 is 98.2 Å². The van der Waals surface area contributed by atoms with Gasteiger partial charge in [0.2, 0.25) is 0 Å². The summed E-state index contributed by atoms with van der Waals surface area (Å²) in [7, 11) is -1.46. The monoisotopic (exact) mass is 2210 g/mol. The van der Waals surface area contributed by atoms with E-state index in [4.69, 9.17) is 62.3 Å². The number of rotatable bonds is 19. The van der Waals surface area contributed by atoms with Crippen LogP contribution < -0.4 is 141 Å². The Morgan fingerprint density at radius 3 is 1.26 bits per heavy atom. The second kappa shape index (κ2) is 78.8. The van der Waals surface area contributed by atoms with Crippen LogP contribution in [0.1, 0.15) is 224 Å². The van der Waals surface area contributed by atoms with Crippen molar-refractivity contribution in [3.63, 3.8) is 0 Å². The van der Waals surface area contributed by atoms with Gasteiger partial charge >= 0.3 is 122 Å². The number of aromatic amines is 3. The summed E-state index contributed by atoms with van der Waals surface area (Å²) in [5.41, 5.74) is 29.2. The van der Waals surface area contributed by atoms with Gasteiger partial charge in [-0.1, -0.05) is 128 Å². The summed E-state index contributed by atoms with van der Waals surface area (Å²) in [6, 6.07) is 51.1. The summed E-state index contributed by atoms with van der Waals surface area (Å²) < 4.78 is 16.9. The van der Waals surface area contributed by atoms with Gasteiger partial charge in [0.25, 0.3) is 12.2 Å². The fraction of sp³-hybridized carbons (Fsp3) is 0.500. The molecule has 141 heavy (non-hydrogen) atoms. The number of benzene rings is 7. The minimum absolute atomic E-state index is 0. The van der Waals surface area contributed by atoms with Gasteiger partial charge in [0.15, 0.2) is 0 Å². The molecule has 7 aliphatic rings. The number of nitrogens with two attached hydrogens (primary N) is 3.